The third-order valence-corrected chi connectivity index (χ3v) is 6.35. The molecule has 2 atom stereocenters. The van der Waals surface area contributed by atoms with Crippen molar-refractivity contribution in [3.05, 3.63) is 18.2 Å². The maximum atomic E-state index is 12.5. The van der Waals surface area contributed by atoms with E-state index >= 15 is 0 Å². The Balaban J connectivity index is 2.15. The lowest BCUT2D eigenvalue weighted by Crippen LogP contribution is -2.42. The Morgan fingerprint density at radius 1 is 1.27 bits per heavy atom. The van der Waals surface area contributed by atoms with Gasteiger partial charge in [0.1, 0.15) is 5.75 Å². The number of amides is 1. The van der Waals surface area contributed by atoms with Gasteiger partial charge in [0.25, 0.3) is 0 Å². The molecule has 1 saturated heterocycles. The number of ether oxygens (including phenoxy) is 1. The molecular weight excluding hydrogens is 354 g/mol. The highest BCUT2D eigenvalue weighted by atomic mass is 32.2. The molecule has 1 N–H and O–H groups in total. The highest BCUT2D eigenvalue weighted by Gasteiger charge is 2.24. The van der Waals surface area contributed by atoms with Crippen LogP contribution in [-0.4, -0.2) is 64.4 Å². The fourth-order valence-electron chi connectivity index (χ4n) is 3.47. The van der Waals surface area contributed by atoms with E-state index < -0.39 is 10.0 Å². The standard InChI is InChI=1S/C18H29N3O4S/c1-13-8-14(2)11-21(10-13)12-18(22)19-16-9-15(6-7-17(16)25-5)26(23,24)20(3)4/h6-7,9,13-14H,8,10-12H2,1-5H3,(H,19,22)/t13-,14-/m0/s1. The SMILES string of the molecule is COc1ccc(S(=O)(=O)N(C)C)cc1NC(=O)CN1C[C@@H](C)C[C@H](C)C1. The molecule has 0 saturated carbocycles. The number of piperidine rings is 1. The summed E-state index contributed by atoms with van der Waals surface area (Å²) in [6.45, 7) is 6.45. The van der Waals surface area contributed by atoms with Gasteiger partial charge in [-0.1, -0.05) is 13.8 Å². The first-order valence-corrected chi connectivity index (χ1v) is 10.2. The van der Waals surface area contributed by atoms with E-state index in [9.17, 15) is 13.2 Å². The molecule has 1 fully saturated rings. The van der Waals surface area contributed by atoms with E-state index in [4.69, 9.17) is 4.74 Å². The summed E-state index contributed by atoms with van der Waals surface area (Å²) in [5.74, 6) is 1.38. The fourth-order valence-corrected chi connectivity index (χ4v) is 4.40. The average Bonchev–Trinajstić information content (AvgIpc) is 2.53. The van der Waals surface area contributed by atoms with Gasteiger partial charge in [0.05, 0.1) is 24.2 Å². The van der Waals surface area contributed by atoms with Gasteiger partial charge in [0.15, 0.2) is 0 Å². The van der Waals surface area contributed by atoms with Crippen LogP contribution in [0.3, 0.4) is 0 Å². The topological polar surface area (TPSA) is 79.0 Å². The zero-order valence-corrected chi connectivity index (χ0v) is 17.0. The number of nitrogens with one attached hydrogen (secondary N) is 1. The monoisotopic (exact) mass is 383 g/mol. The number of nitrogens with zero attached hydrogens (tertiary/aromatic N) is 2. The normalized spacial score (nSPS) is 21.6. The van der Waals surface area contributed by atoms with Gasteiger partial charge < -0.3 is 10.1 Å². The van der Waals surface area contributed by atoms with Crippen LogP contribution >= 0.6 is 0 Å². The van der Waals surface area contributed by atoms with Crippen molar-refractivity contribution < 1.29 is 17.9 Å². The Morgan fingerprint density at radius 2 is 1.88 bits per heavy atom. The molecule has 2 rings (SSSR count). The zero-order chi connectivity index (χ0) is 19.5. The van der Waals surface area contributed by atoms with E-state index in [0.29, 0.717) is 23.3 Å². The number of benzene rings is 1. The molecule has 1 aliphatic heterocycles. The average molecular weight is 384 g/mol. The second kappa shape index (κ2) is 8.37. The third kappa shape index (κ3) is 4.96. The van der Waals surface area contributed by atoms with E-state index in [2.05, 4.69) is 24.1 Å². The summed E-state index contributed by atoms with van der Waals surface area (Å²) in [7, 11) is 0.837. The lowest BCUT2D eigenvalue weighted by molar-refractivity contribution is -0.117. The van der Waals surface area contributed by atoms with Gasteiger partial charge in [0.2, 0.25) is 15.9 Å². The molecule has 0 radical (unpaired) electrons. The van der Waals surface area contributed by atoms with Gasteiger partial charge in [-0.25, -0.2) is 12.7 Å². The number of sulfonamides is 1. The van der Waals surface area contributed by atoms with Crippen molar-refractivity contribution in [1.29, 1.82) is 0 Å². The van der Waals surface area contributed by atoms with Crippen molar-refractivity contribution in [3.63, 3.8) is 0 Å². The highest BCUT2D eigenvalue weighted by molar-refractivity contribution is 7.89. The van der Waals surface area contributed by atoms with Gasteiger partial charge in [-0.3, -0.25) is 9.69 Å². The Bertz CT molecular complexity index is 739. The van der Waals surface area contributed by atoms with Crippen molar-refractivity contribution in [1.82, 2.24) is 9.21 Å². The van der Waals surface area contributed by atoms with Crippen molar-refractivity contribution in [2.24, 2.45) is 11.8 Å². The van der Waals surface area contributed by atoms with Crippen LogP contribution in [0.5, 0.6) is 5.75 Å². The van der Waals surface area contributed by atoms with Crippen LogP contribution in [0, 0.1) is 11.8 Å². The Morgan fingerprint density at radius 3 is 2.42 bits per heavy atom. The van der Waals surface area contributed by atoms with E-state index in [1.807, 2.05) is 0 Å². The van der Waals surface area contributed by atoms with Crippen LogP contribution in [0.4, 0.5) is 5.69 Å². The van der Waals surface area contributed by atoms with Crippen molar-refractivity contribution >= 4 is 21.6 Å². The van der Waals surface area contributed by atoms with Crippen LogP contribution < -0.4 is 10.1 Å². The molecule has 0 spiro atoms. The Kier molecular flexibility index (Phi) is 6.65. The van der Waals surface area contributed by atoms with Crippen LogP contribution in [-0.2, 0) is 14.8 Å². The maximum Gasteiger partial charge on any atom is 0.242 e. The lowest BCUT2D eigenvalue weighted by atomic mass is 9.92. The Hall–Kier alpha value is -1.64. The lowest BCUT2D eigenvalue weighted by Gasteiger charge is -2.34. The van der Waals surface area contributed by atoms with Gasteiger partial charge >= 0.3 is 0 Å². The van der Waals surface area contributed by atoms with Gasteiger partial charge in [-0.2, -0.15) is 0 Å². The molecule has 0 unspecified atom stereocenters. The second-order valence-electron chi connectivity index (χ2n) is 7.34. The number of carbonyl (C=O) groups is 1. The highest BCUT2D eigenvalue weighted by Crippen LogP contribution is 2.28. The smallest absolute Gasteiger partial charge is 0.242 e. The van der Waals surface area contributed by atoms with Gasteiger partial charge in [-0.15, -0.1) is 0 Å². The molecule has 0 aromatic heterocycles. The molecule has 1 heterocycles. The fraction of sp³-hybridized carbons (Fsp3) is 0.611. The number of carbonyl (C=O) groups excluding carboxylic acids is 1. The van der Waals surface area contributed by atoms with E-state index in [1.54, 1.807) is 6.07 Å². The molecule has 1 aromatic rings. The second-order valence-corrected chi connectivity index (χ2v) is 9.49. The van der Waals surface area contributed by atoms with Crippen LogP contribution in [0.15, 0.2) is 23.1 Å². The number of anilines is 1. The number of methoxy groups -OCH3 is 1. The summed E-state index contributed by atoms with van der Waals surface area (Å²) < 4.78 is 31.0. The minimum Gasteiger partial charge on any atom is -0.495 e. The maximum absolute atomic E-state index is 12.5. The summed E-state index contributed by atoms with van der Waals surface area (Å²) in [4.78, 5) is 14.7. The number of hydrogen-bond donors (Lipinski definition) is 1. The summed E-state index contributed by atoms with van der Waals surface area (Å²) in [5, 5.41) is 2.80. The van der Waals surface area contributed by atoms with Crippen LogP contribution in [0.25, 0.3) is 0 Å². The quantitative estimate of drug-likeness (QED) is 0.811. The van der Waals surface area contributed by atoms with E-state index in [-0.39, 0.29) is 17.3 Å². The van der Waals surface area contributed by atoms with E-state index in [1.165, 1.54) is 39.8 Å². The minimum atomic E-state index is -3.59. The van der Waals surface area contributed by atoms with Crippen LogP contribution in [0.2, 0.25) is 0 Å². The summed E-state index contributed by atoms with van der Waals surface area (Å²) in [6, 6.07) is 4.46. The molecule has 7 nitrogen and oxygen atoms in total. The molecule has 1 aliphatic rings. The van der Waals surface area contributed by atoms with Crippen molar-refractivity contribution in [2.45, 2.75) is 25.2 Å². The summed E-state index contributed by atoms with van der Waals surface area (Å²) >= 11 is 0. The Labute approximate surface area is 156 Å². The van der Waals surface area contributed by atoms with Gasteiger partial charge in [0, 0.05) is 27.2 Å². The molecule has 8 heteroatoms. The molecule has 146 valence electrons. The minimum absolute atomic E-state index is 0.110. The molecule has 1 amide bonds. The number of likely N-dealkylation sites (tertiary alicyclic amines) is 1. The first kappa shape index (κ1) is 20.7. The molecule has 0 aliphatic carbocycles. The number of hydrogen-bond acceptors (Lipinski definition) is 5. The molecular formula is C18H29N3O4S. The number of rotatable bonds is 6. The third-order valence-electron chi connectivity index (χ3n) is 4.54. The largest absolute Gasteiger partial charge is 0.495 e. The predicted octanol–water partition coefficient (Wildman–Crippen LogP) is 1.86. The molecule has 0 bridgehead atoms. The van der Waals surface area contributed by atoms with E-state index in [0.717, 1.165) is 17.4 Å². The summed E-state index contributed by atoms with van der Waals surface area (Å²) in [5.41, 5.74) is 0.360. The first-order valence-electron chi connectivity index (χ1n) is 8.76. The molecule has 26 heavy (non-hydrogen) atoms. The van der Waals surface area contributed by atoms with Gasteiger partial charge in [-0.05, 0) is 36.5 Å². The summed E-state index contributed by atoms with van der Waals surface area (Å²) in [6.07, 6.45) is 1.18. The van der Waals surface area contributed by atoms with Crippen molar-refractivity contribution in [3.8, 4) is 5.75 Å². The zero-order valence-electron chi connectivity index (χ0n) is 16.2. The predicted molar refractivity (Wildman–Crippen MR) is 102 cm³/mol. The van der Waals surface area contributed by atoms with Crippen LogP contribution in [0.1, 0.15) is 20.3 Å². The van der Waals surface area contributed by atoms with Crippen molar-refractivity contribution in [2.75, 3.05) is 46.2 Å². The molecule has 1 aromatic carbocycles. The first-order chi connectivity index (χ1) is 12.1.